The average molecular weight is 467 g/mol. The number of benzene rings is 2. The van der Waals surface area contributed by atoms with Crippen LogP contribution in [0.15, 0.2) is 48.7 Å². The van der Waals surface area contributed by atoms with Crippen molar-refractivity contribution in [1.29, 1.82) is 0 Å². The van der Waals surface area contributed by atoms with E-state index in [-0.39, 0.29) is 5.91 Å². The molecule has 1 aromatic heterocycles. The molecule has 2 aliphatic heterocycles. The first kappa shape index (κ1) is 21.8. The molecule has 2 fully saturated rings. The number of amides is 1. The van der Waals surface area contributed by atoms with E-state index < -0.39 is 0 Å². The van der Waals surface area contributed by atoms with Crippen molar-refractivity contribution in [1.82, 2.24) is 9.88 Å². The summed E-state index contributed by atoms with van der Waals surface area (Å²) in [6, 6.07) is 13.8. The maximum atomic E-state index is 13.5. The van der Waals surface area contributed by atoms with Gasteiger partial charge in [0, 0.05) is 61.6 Å². The summed E-state index contributed by atoms with van der Waals surface area (Å²) in [5, 5.41) is 1.55. The van der Waals surface area contributed by atoms with Crippen molar-refractivity contribution in [2.75, 3.05) is 69.4 Å². The van der Waals surface area contributed by atoms with E-state index in [0.29, 0.717) is 36.9 Å². The van der Waals surface area contributed by atoms with Gasteiger partial charge in [-0.1, -0.05) is 11.6 Å². The van der Waals surface area contributed by atoms with Crippen LogP contribution in [0.25, 0.3) is 10.9 Å². The number of fused-ring (bicyclic) bond motifs is 1. The predicted molar refractivity (Wildman–Crippen MR) is 131 cm³/mol. The van der Waals surface area contributed by atoms with E-state index in [0.717, 1.165) is 48.5 Å². The van der Waals surface area contributed by atoms with Gasteiger partial charge in [-0.15, -0.1) is 0 Å². The second-order valence-corrected chi connectivity index (χ2v) is 8.70. The maximum absolute atomic E-state index is 13.5. The van der Waals surface area contributed by atoms with Gasteiger partial charge in [-0.2, -0.15) is 0 Å². The van der Waals surface area contributed by atoms with Crippen LogP contribution in [0, 0.1) is 0 Å². The zero-order chi connectivity index (χ0) is 22.8. The summed E-state index contributed by atoms with van der Waals surface area (Å²) in [6.45, 7) is 5.60. The Morgan fingerprint density at radius 3 is 2.36 bits per heavy atom. The van der Waals surface area contributed by atoms with E-state index in [1.807, 2.05) is 35.2 Å². The Morgan fingerprint density at radius 1 is 0.970 bits per heavy atom. The van der Waals surface area contributed by atoms with Gasteiger partial charge < -0.3 is 24.2 Å². The fourth-order valence-electron chi connectivity index (χ4n) is 4.57. The standard InChI is InChI=1S/C25H27ClN4O3/c1-32-20-5-3-19(4-6-20)28-8-10-29(11-9-28)24-21-16-18(26)2-7-23(21)27-17-22(24)25(31)30-12-14-33-15-13-30/h2-7,16-17H,8-15H2,1H3. The smallest absolute Gasteiger partial charge is 0.257 e. The van der Waals surface area contributed by atoms with Crippen molar-refractivity contribution in [2.45, 2.75) is 0 Å². The molecule has 33 heavy (non-hydrogen) atoms. The fourth-order valence-corrected chi connectivity index (χ4v) is 4.74. The molecule has 0 N–H and O–H groups in total. The molecule has 7 nitrogen and oxygen atoms in total. The number of nitrogens with zero attached hydrogens (tertiary/aromatic N) is 4. The molecule has 2 aromatic carbocycles. The number of methoxy groups -OCH3 is 1. The number of anilines is 2. The molecule has 3 aromatic rings. The first-order chi connectivity index (χ1) is 16.1. The summed E-state index contributed by atoms with van der Waals surface area (Å²) >= 11 is 6.36. The first-order valence-corrected chi connectivity index (χ1v) is 11.6. The maximum Gasteiger partial charge on any atom is 0.257 e. The largest absolute Gasteiger partial charge is 0.497 e. The van der Waals surface area contributed by atoms with Crippen LogP contribution in [0.5, 0.6) is 5.75 Å². The summed E-state index contributed by atoms with van der Waals surface area (Å²) in [6.07, 6.45) is 1.72. The van der Waals surface area contributed by atoms with Crippen molar-refractivity contribution in [3.05, 3.63) is 59.2 Å². The van der Waals surface area contributed by atoms with Gasteiger partial charge in [0.05, 0.1) is 37.1 Å². The molecule has 172 valence electrons. The number of hydrogen-bond donors (Lipinski definition) is 0. The average Bonchev–Trinajstić information content (AvgIpc) is 2.88. The third-order valence-electron chi connectivity index (χ3n) is 6.36. The van der Waals surface area contributed by atoms with Crippen LogP contribution in [-0.2, 0) is 4.74 Å². The van der Waals surface area contributed by atoms with E-state index in [1.165, 1.54) is 5.69 Å². The molecule has 0 spiro atoms. The second kappa shape index (κ2) is 9.45. The summed E-state index contributed by atoms with van der Waals surface area (Å²) in [5.41, 5.74) is 3.56. The van der Waals surface area contributed by atoms with Crippen LogP contribution >= 0.6 is 11.6 Å². The quantitative estimate of drug-likeness (QED) is 0.584. The number of pyridine rings is 1. The van der Waals surface area contributed by atoms with Gasteiger partial charge in [0.25, 0.3) is 5.91 Å². The number of rotatable bonds is 4. The molecule has 3 heterocycles. The summed E-state index contributed by atoms with van der Waals surface area (Å²) in [7, 11) is 1.68. The van der Waals surface area contributed by atoms with Crippen molar-refractivity contribution in [3.63, 3.8) is 0 Å². The number of carbonyl (C=O) groups excluding carboxylic acids is 1. The lowest BCUT2D eigenvalue weighted by Crippen LogP contribution is -2.47. The number of ether oxygens (including phenoxy) is 2. The number of aromatic nitrogens is 1. The van der Waals surface area contributed by atoms with Crippen LogP contribution < -0.4 is 14.5 Å². The van der Waals surface area contributed by atoms with Gasteiger partial charge in [0.2, 0.25) is 0 Å². The number of carbonyl (C=O) groups is 1. The van der Waals surface area contributed by atoms with Crippen LogP contribution in [-0.4, -0.2) is 75.4 Å². The Balaban J connectivity index is 1.45. The monoisotopic (exact) mass is 466 g/mol. The number of piperazine rings is 1. The van der Waals surface area contributed by atoms with Gasteiger partial charge in [0.1, 0.15) is 5.75 Å². The van der Waals surface area contributed by atoms with Crippen molar-refractivity contribution in [3.8, 4) is 5.75 Å². The third kappa shape index (κ3) is 4.43. The van der Waals surface area contributed by atoms with Crippen molar-refractivity contribution < 1.29 is 14.3 Å². The molecule has 0 radical (unpaired) electrons. The molecular weight excluding hydrogens is 440 g/mol. The van der Waals surface area contributed by atoms with E-state index in [9.17, 15) is 4.79 Å². The lowest BCUT2D eigenvalue weighted by atomic mass is 10.1. The highest BCUT2D eigenvalue weighted by Crippen LogP contribution is 2.34. The topological polar surface area (TPSA) is 58.1 Å². The van der Waals surface area contributed by atoms with Gasteiger partial charge in [-0.25, -0.2) is 0 Å². The Labute approximate surface area is 198 Å². The Hall–Kier alpha value is -3.03. The Morgan fingerprint density at radius 2 is 1.67 bits per heavy atom. The molecule has 5 rings (SSSR count). The van der Waals surface area contributed by atoms with Crippen LogP contribution in [0.3, 0.4) is 0 Å². The van der Waals surface area contributed by atoms with E-state index in [2.05, 4.69) is 26.9 Å². The van der Waals surface area contributed by atoms with Crippen molar-refractivity contribution >= 4 is 39.8 Å². The number of hydrogen-bond acceptors (Lipinski definition) is 6. The minimum Gasteiger partial charge on any atom is -0.497 e. The molecule has 0 unspecified atom stereocenters. The molecule has 0 aliphatic carbocycles. The normalized spacial score (nSPS) is 16.8. The van der Waals surface area contributed by atoms with Crippen LogP contribution in [0.1, 0.15) is 10.4 Å². The van der Waals surface area contributed by atoms with Crippen LogP contribution in [0.4, 0.5) is 11.4 Å². The predicted octanol–water partition coefficient (Wildman–Crippen LogP) is 3.70. The zero-order valence-corrected chi connectivity index (χ0v) is 19.4. The van der Waals surface area contributed by atoms with E-state index in [1.54, 1.807) is 13.3 Å². The van der Waals surface area contributed by atoms with E-state index in [4.69, 9.17) is 21.1 Å². The molecule has 0 saturated carbocycles. The molecule has 0 atom stereocenters. The summed E-state index contributed by atoms with van der Waals surface area (Å²) < 4.78 is 10.7. The lowest BCUT2D eigenvalue weighted by molar-refractivity contribution is 0.0303. The SMILES string of the molecule is COc1ccc(N2CCN(c3c(C(=O)N4CCOCC4)cnc4ccc(Cl)cc34)CC2)cc1. The van der Waals surface area contributed by atoms with Crippen LogP contribution in [0.2, 0.25) is 5.02 Å². The van der Waals surface area contributed by atoms with Crippen molar-refractivity contribution in [2.24, 2.45) is 0 Å². The summed E-state index contributed by atoms with van der Waals surface area (Å²) in [5.74, 6) is 0.851. The highest BCUT2D eigenvalue weighted by molar-refractivity contribution is 6.31. The highest BCUT2D eigenvalue weighted by atomic mass is 35.5. The van der Waals surface area contributed by atoms with Gasteiger partial charge in [0.15, 0.2) is 0 Å². The number of morpholine rings is 1. The zero-order valence-electron chi connectivity index (χ0n) is 18.7. The second-order valence-electron chi connectivity index (χ2n) is 8.26. The van der Waals surface area contributed by atoms with Gasteiger partial charge in [-0.3, -0.25) is 9.78 Å². The molecule has 2 aliphatic rings. The molecule has 1 amide bonds. The van der Waals surface area contributed by atoms with E-state index >= 15 is 0 Å². The Kier molecular flexibility index (Phi) is 6.24. The lowest BCUT2D eigenvalue weighted by Gasteiger charge is -2.39. The summed E-state index contributed by atoms with van der Waals surface area (Å²) in [4.78, 5) is 24.6. The minimum atomic E-state index is 0.000240. The van der Waals surface area contributed by atoms with Gasteiger partial charge in [-0.05, 0) is 42.5 Å². The fraction of sp³-hybridized carbons (Fsp3) is 0.360. The minimum absolute atomic E-state index is 0.000240. The first-order valence-electron chi connectivity index (χ1n) is 11.2. The molecule has 8 heteroatoms. The Bertz CT molecular complexity index is 1140. The number of halogens is 1. The molecular formula is C25H27ClN4O3. The molecule has 2 saturated heterocycles. The highest BCUT2D eigenvalue weighted by Gasteiger charge is 2.28. The van der Waals surface area contributed by atoms with Gasteiger partial charge >= 0.3 is 0 Å². The molecule has 0 bridgehead atoms. The third-order valence-corrected chi connectivity index (χ3v) is 6.60.